The van der Waals surface area contributed by atoms with E-state index < -0.39 is 0 Å². The summed E-state index contributed by atoms with van der Waals surface area (Å²) in [5.74, 6) is 1.95. The fourth-order valence-electron chi connectivity index (χ4n) is 3.42. The van der Waals surface area contributed by atoms with E-state index in [0.717, 1.165) is 11.8 Å². The van der Waals surface area contributed by atoms with Crippen LogP contribution in [0.1, 0.15) is 13.3 Å². The van der Waals surface area contributed by atoms with Crippen LogP contribution in [0.25, 0.3) is 0 Å². The van der Waals surface area contributed by atoms with Crippen LogP contribution in [0.5, 0.6) is 0 Å². The molecule has 2 bridgehead atoms. The quantitative estimate of drug-likeness (QED) is 0.549. The summed E-state index contributed by atoms with van der Waals surface area (Å²) in [7, 11) is 4.71. The molecular weight excluding hydrogens is 160 g/mol. The molecule has 2 heteroatoms. The molecule has 2 unspecified atom stereocenters. The SMILES string of the molecule is CC[N+]1(C)CC2C[C@H](CN(C)C2)C1. The van der Waals surface area contributed by atoms with E-state index in [1.807, 2.05) is 0 Å². The summed E-state index contributed by atoms with van der Waals surface area (Å²) in [6.07, 6.45) is 1.50. The van der Waals surface area contributed by atoms with Crippen LogP contribution in [0.4, 0.5) is 0 Å². The summed E-state index contributed by atoms with van der Waals surface area (Å²) in [6, 6.07) is 0. The molecule has 0 aromatic rings. The summed E-state index contributed by atoms with van der Waals surface area (Å²) in [5, 5.41) is 0. The van der Waals surface area contributed by atoms with Gasteiger partial charge in [0.2, 0.25) is 0 Å². The number of fused-ring (bicyclic) bond motifs is 2. The number of rotatable bonds is 1. The van der Waals surface area contributed by atoms with Crippen molar-refractivity contribution in [2.75, 3.05) is 46.8 Å². The molecule has 2 heterocycles. The van der Waals surface area contributed by atoms with Crippen LogP contribution in [0.2, 0.25) is 0 Å². The largest absolute Gasteiger partial charge is 0.326 e. The molecule has 0 aromatic carbocycles. The van der Waals surface area contributed by atoms with Gasteiger partial charge in [0.05, 0.1) is 26.7 Å². The Morgan fingerprint density at radius 1 is 1.23 bits per heavy atom. The third kappa shape index (κ3) is 1.89. The minimum atomic E-state index is 0.974. The van der Waals surface area contributed by atoms with Crippen LogP contribution in [-0.2, 0) is 0 Å². The summed E-state index contributed by atoms with van der Waals surface area (Å²) >= 11 is 0. The summed E-state index contributed by atoms with van der Waals surface area (Å²) in [6.45, 7) is 9.16. The molecule has 2 fully saturated rings. The molecule has 13 heavy (non-hydrogen) atoms. The van der Waals surface area contributed by atoms with Gasteiger partial charge in [-0.25, -0.2) is 0 Å². The molecule has 0 aromatic heterocycles. The molecular formula is C11H23N2+. The number of hydrogen-bond acceptors (Lipinski definition) is 1. The second kappa shape index (κ2) is 3.25. The zero-order valence-corrected chi connectivity index (χ0v) is 9.29. The fourth-order valence-corrected chi connectivity index (χ4v) is 3.42. The van der Waals surface area contributed by atoms with Crippen LogP contribution in [0.15, 0.2) is 0 Å². The third-order valence-corrected chi connectivity index (χ3v) is 3.97. The molecule has 2 saturated heterocycles. The molecule has 0 amide bonds. The maximum Gasteiger partial charge on any atom is 0.0825 e. The number of likely N-dealkylation sites (tertiary alicyclic amines) is 2. The highest BCUT2D eigenvalue weighted by atomic mass is 15.3. The predicted molar refractivity (Wildman–Crippen MR) is 55.6 cm³/mol. The lowest BCUT2D eigenvalue weighted by Crippen LogP contribution is -2.59. The lowest BCUT2D eigenvalue weighted by atomic mass is 9.83. The number of nitrogens with zero attached hydrogens (tertiary/aromatic N) is 2. The van der Waals surface area contributed by atoms with Crippen molar-refractivity contribution in [2.24, 2.45) is 11.8 Å². The first-order valence-corrected chi connectivity index (χ1v) is 5.63. The van der Waals surface area contributed by atoms with E-state index in [1.165, 1.54) is 43.6 Å². The minimum absolute atomic E-state index is 0.974. The minimum Gasteiger partial charge on any atom is -0.326 e. The molecule has 76 valence electrons. The number of quaternary nitrogens is 1. The predicted octanol–water partition coefficient (Wildman–Crippen LogP) is 1.03. The lowest BCUT2D eigenvalue weighted by molar-refractivity contribution is -0.920. The van der Waals surface area contributed by atoms with Crippen molar-refractivity contribution in [3.8, 4) is 0 Å². The molecule has 3 atom stereocenters. The first kappa shape index (κ1) is 9.47. The van der Waals surface area contributed by atoms with Crippen LogP contribution in [0.3, 0.4) is 0 Å². The van der Waals surface area contributed by atoms with Gasteiger partial charge in [-0.3, -0.25) is 0 Å². The van der Waals surface area contributed by atoms with Crippen molar-refractivity contribution >= 4 is 0 Å². The normalized spacial score (nSPS) is 46.4. The van der Waals surface area contributed by atoms with Gasteiger partial charge in [-0.15, -0.1) is 0 Å². The van der Waals surface area contributed by atoms with Crippen LogP contribution >= 0.6 is 0 Å². The van der Waals surface area contributed by atoms with Gasteiger partial charge in [0.25, 0.3) is 0 Å². The molecule has 0 saturated carbocycles. The molecule has 0 aliphatic carbocycles. The van der Waals surface area contributed by atoms with Crippen LogP contribution in [-0.4, -0.2) is 56.2 Å². The van der Waals surface area contributed by atoms with Crippen molar-refractivity contribution < 1.29 is 4.48 Å². The highest BCUT2D eigenvalue weighted by molar-refractivity contribution is 4.81. The first-order valence-electron chi connectivity index (χ1n) is 5.63. The van der Waals surface area contributed by atoms with E-state index in [0.29, 0.717) is 0 Å². The van der Waals surface area contributed by atoms with Gasteiger partial charge in [-0.1, -0.05) is 0 Å². The third-order valence-electron chi connectivity index (χ3n) is 3.97. The second-order valence-electron chi connectivity index (χ2n) is 5.49. The molecule has 0 spiro atoms. The highest BCUT2D eigenvalue weighted by Crippen LogP contribution is 2.30. The van der Waals surface area contributed by atoms with Gasteiger partial charge in [-0.2, -0.15) is 0 Å². The van der Waals surface area contributed by atoms with Gasteiger partial charge in [0, 0.05) is 24.9 Å². The van der Waals surface area contributed by atoms with Gasteiger partial charge in [-0.05, 0) is 20.4 Å². The average Bonchev–Trinajstić information content (AvgIpc) is 2.01. The molecule has 2 nitrogen and oxygen atoms in total. The Morgan fingerprint density at radius 2 is 1.77 bits per heavy atom. The maximum absolute atomic E-state index is 2.53. The zero-order valence-electron chi connectivity index (χ0n) is 9.29. The Kier molecular flexibility index (Phi) is 2.37. The number of piperidine rings is 2. The molecule has 0 N–H and O–H groups in total. The monoisotopic (exact) mass is 183 g/mol. The average molecular weight is 183 g/mol. The Hall–Kier alpha value is -0.0800. The lowest BCUT2D eigenvalue weighted by Gasteiger charge is -2.49. The molecule has 2 rings (SSSR count). The van der Waals surface area contributed by atoms with Crippen LogP contribution in [0, 0.1) is 11.8 Å². The Bertz CT molecular complexity index is 173. The van der Waals surface area contributed by atoms with Crippen molar-refractivity contribution in [1.29, 1.82) is 0 Å². The van der Waals surface area contributed by atoms with Crippen LogP contribution < -0.4 is 0 Å². The van der Waals surface area contributed by atoms with Crippen molar-refractivity contribution in [3.05, 3.63) is 0 Å². The molecule has 2 aliphatic heterocycles. The van der Waals surface area contributed by atoms with Gasteiger partial charge in [0.15, 0.2) is 0 Å². The van der Waals surface area contributed by atoms with E-state index in [1.54, 1.807) is 0 Å². The topological polar surface area (TPSA) is 3.24 Å². The van der Waals surface area contributed by atoms with Gasteiger partial charge >= 0.3 is 0 Å². The van der Waals surface area contributed by atoms with E-state index in [4.69, 9.17) is 0 Å². The van der Waals surface area contributed by atoms with Crippen molar-refractivity contribution in [1.82, 2.24) is 4.90 Å². The van der Waals surface area contributed by atoms with E-state index in [9.17, 15) is 0 Å². The second-order valence-corrected chi connectivity index (χ2v) is 5.49. The smallest absolute Gasteiger partial charge is 0.0825 e. The molecule has 2 aliphatic rings. The zero-order chi connectivity index (χ0) is 9.47. The Morgan fingerprint density at radius 3 is 2.23 bits per heavy atom. The first-order chi connectivity index (χ1) is 6.11. The summed E-state index contributed by atoms with van der Waals surface area (Å²) in [5.41, 5.74) is 0. The maximum atomic E-state index is 2.53. The molecule has 0 radical (unpaired) electrons. The van der Waals surface area contributed by atoms with E-state index in [-0.39, 0.29) is 0 Å². The van der Waals surface area contributed by atoms with Crippen molar-refractivity contribution in [2.45, 2.75) is 13.3 Å². The summed E-state index contributed by atoms with van der Waals surface area (Å²) < 4.78 is 1.32. The summed E-state index contributed by atoms with van der Waals surface area (Å²) in [4.78, 5) is 2.53. The Balaban J connectivity index is 2.05. The van der Waals surface area contributed by atoms with Gasteiger partial charge in [0.1, 0.15) is 0 Å². The van der Waals surface area contributed by atoms with E-state index >= 15 is 0 Å². The Labute approximate surface area is 82.1 Å². The fraction of sp³-hybridized carbons (Fsp3) is 1.00. The highest BCUT2D eigenvalue weighted by Gasteiger charge is 2.39. The standard InChI is InChI=1S/C11H23N2/c1-4-13(3)8-10-5-11(9-13)7-12(2)6-10/h10-11H,4-9H2,1-3H3/q+1/t10-,11?,13?/m1/s1. The van der Waals surface area contributed by atoms with Gasteiger partial charge < -0.3 is 9.38 Å². The number of hydrogen-bond donors (Lipinski definition) is 0. The van der Waals surface area contributed by atoms with E-state index in [2.05, 4.69) is 25.9 Å². The van der Waals surface area contributed by atoms with Crippen molar-refractivity contribution in [3.63, 3.8) is 0 Å².